The quantitative estimate of drug-likeness (QED) is 0.140. The van der Waals surface area contributed by atoms with Gasteiger partial charge in [-0.1, -0.05) is 163 Å². The standard InChI is InChI=1S/C72H58N2/c1-45-33-46(2)36-61(35-45)73(59-27-25-51-15-7-11-19-55(51)41-59)69-43-67(57-23-21-49-13-5-9-17-53(49)39-57)63-30-32-66-70(74(62-37-47(3)34-48(4)38-62)60-28-26-52-16-8-12-20-56(52)42-60)44-68(64-29-31-65(69)71(63)72(64)66)58-24-22-50-14-6-10-18-54(50)40-58/h5,7,9-13,15,17-37,39-44,62H,6,8,14,16,38H2,1-4H3. The Morgan fingerprint density at radius 3 is 1.68 bits per heavy atom. The summed E-state index contributed by atoms with van der Waals surface area (Å²) in [6.07, 6.45) is 19.5. The zero-order chi connectivity index (χ0) is 49.6. The molecule has 0 saturated carbocycles. The Kier molecular flexibility index (Phi) is 10.5. The molecule has 14 rings (SSSR count). The third-order valence-corrected chi connectivity index (χ3v) is 16.3. The van der Waals surface area contributed by atoms with Gasteiger partial charge in [0.1, 0.15) is 0 Å². The number of aryl methyl sites for hydroxylation is 4. The molecule has 0 aliphatic heterocycles. The fourth-order valence-electron chi connectivity index (χ4n) is 13.0. The Hall–Kier alpha value is -8.46. The topological polar surface area (TPSA) is 6.48 Å². The lowest BCUT2D eigenvalue weighted by atomic mass is 9.84. The van der Waals surface area contributed by atoms with Gasteiger partial charge >= 0.3 is 0 Å². The van der Waals surface area contributed by atoms with Gasteiger partial charge < -0.3 is 9.80 Å². The Bertz CT molecular complexity index is 4210. The normalized spacial score (nSPS) is 15.2. The molecule has 0 N–H and O–H groups in total. The molecule has 1 atom stereocenters. The molecule has 0 fully saturated rings. The highest BCUT2D eigenvalue weighted by Gasteiger charge is 2.29. The maximum absolute atomic E-state index is 2.69. The van der Waals surface area contributed by atoms with Crippen molar-refractivity contribution >= 4 is 94.5 Å². The predicted octanol–water partition coefficient (Wildman–Crippen LogP) is 20.0. The Labute approximate surface area is 434 Å². The van der Waals surface area contributed by atoms with Crippen LogP contribution in [0.15, 0.2) is 211 Å². The fraction of sp³-hybridized carbons (Fsp3) is 0.139. The zero-order valence-electron chi connectivity index (χ0n) is 42.7. The van der Waals surface area contributed by atoms with Crippen molar-refractivity contribution in [3.63, 3.8) is 0 Å². The van der Waals surface area contributed by atoms with Gasteiger partial charge in [0.15, 0.2) is 0 Å². The van der Waals surface area contributed by atoms with Crippen molar-refractivity contribution in [3.8, 4) is 22.3 Å². The van der Waals surface area contributed by atoms with Gasteiger partial charge in [0.2, 0.25) is 0 Å². The van der Waals surface area contributed by atoms with E-state index < -0.39 is 0 Å². The Morgan fingerprint density at radius 2 is 0.986 bits per heavy atom. The molecule has 0 bridgehead atoms. The van der Waals surface area contributed by atoms with E-state index in [-0.39, 0.29) is 6.04 Å². The van der Waals surface area contributed by atoms with Gasteiger partial charge in [-0.05, 0) is 208 Å². The van der Waals surface area contributed by atoms with Crippen molar-refractivity contribution in [1.82, 2.24) is 0 Å². The van der Waals surface area contributed by atoms with Crippen LogP contribution in [0.3, 0.4) is 0 Å². The summed E-state index contributed by atoms with van der Waals surface area (Å²) in [5.74, 6) is 0. The summed E-state index contributed by atoms with van der Waals surface area (Å²) >= 11 is 0. The molecular weight excluding hydrogens is 893 g/mol. The lowest BCUT2D eigenvalue weighted by Gasteiger charge is -2.37. The number of hydrogen-bond donors (Lipinski definition) is 0. The first kappa shape index (κ1) is 44.3. The van der Waals surface area contributed by atoms with E-state index in [2.05, 4.69) is 250 Å². The SMILES string of the molecule is CC1=CC(N(c2ccc3c(c2)C=CCC3)c2cc(-c3ccc4c(c3)C=CCC4)c3ccc4c(N(c5cc(C)cc(C)c5)c5ccc6ccccc6c5)cc(-c5ccc6ccccc6c5)c5ccc2c3c54)CC(C)=C1. The first-order valence-corrected chi connectivity index (χ1v) is 26.7. The van der Waals surface area contributed by atoms with Crippen LogP contribution in [-0.2, 0) is 12.8 Å². The minimum atomic E-state index is 0.111. The number of anilines is 5. The minimum Gasteiger partial charge on any atom is -0.334 e. The molecule has 0 aromatic heterocycles. The molecule has 356 valence electrons. The second kappa shape index (κ2) is 17.6. The maximum Gasteiger partial charge on any atom is 0.0565 e. The summed E-state index contributed by atoms with van der Waals surface area (Å²) in [6, 6.07) is 68.0. The van der Waals surface area contributed by atoms with Gasteiger partial charge in [0.25, 0.3) is 0 Å². The van der Waals surface area contributed by atoms with Crippen LogP contribution in [0.4, 0.5) is 28.4 Å². The van der Waals surface area contributed by atoms with Crippen molar-refractivity contribution in [2.75, 3.05) is 9.80 Å². The lowest BCUT2D eigenvalue weighted by Crippen LogP contribution is -2.31. The van der Waals surface area contributed by atoms with Crippen LogP contribution < -0.4 is 9.80 Å². The van der Waals surface area contributed by atoms with Crippen molar-refractivity contribution in [2.24, 2.45) is 0 Å². The van der Waals surface area contributed by atoms with E-state index >= 15 is 0 Å². The summed E-state index contributed by atoms with van der Waals surface area (Å²) in [5.41, 5.74) is 21.5. The average molecular weight is 951 g/mol. The molecule has 3 aliphatic rings. The highest BCUT2D eigenvalue weighted by atomic mass is 15.2. The van der Waals surface area contributed by atoms with Crippen LogP contribution in [0.5, 0.6) is 0 Å². The summed E-state index contributed by atoms with van der Waals surface area (Å²) in [7, 11) is 0. The van der Waals surface area contributed by atoms with E-state index in [4.69, 9.17) is 0 Å². The average Bonchev–Trinajstić information content (AvgIpc) is 3.46. The third kappa shape index (κ3) is 7.54. The molecule has 0 amide bonds. The van der Waals surface area contributed by atoms with Gasteiger partial charge in [-0.25, -0.2) is 0 Å². The van der Waals surface area contributed by atoms with Crippen molar-refractivity contribution in [2.45, 2.75) is 65.8 Å². The third-order valence-electron chi connectivity index (χ3n) is 16.3. The van der Waals surface area contributed by atoms with E-state index in [1.165, 1.54) is 132 Å². The van der Waals surface area contributed by atoms with E-state index in [0.717, 1.165) is 49.2 Å². The predicted molar refractivity (Wildman–Crippen MR) is 319 cm³/mol. The van der Waals surface area contributed by atoms with Crippen LogP contribution in [-0.4, -0.2) is 6.04 Å². The molecule has 0 radical (unpaired) electrons. The molecule has 2 nitrogen and oxygen atoms in total. The molecule has 3 aliphatic carbocycles. The van der Waals surface area contributed by atoms with E-state index in [1.54, 1.807) is 0 Å². The van der Waals surface area contributed by atoms with Crippen LogP contribution in [0.2, 0.25) is 0 Å². The summed E-state index contributed by atoms with van der Waals surface area (Å²) in [6.45, 7) is 9.03. The zero-order valence-corrected chi connectivity index (χ0v) is 42.7. The van der Waals surface area contributed by atoms with Crippen molar-refractivity contribution < 1.29 is 0 Å². The van der Waals surface area contributed by atoms with Gasteiger partial charge in [-0.3, -0.25) is 0 Å². The monoisotopic (exact) mass is 950 g/mol. The number of allylic oxidation sites excluding steroid dienone is 4. The van der Waals surface area contributed by atoms with Crippen molar-refractivity contribution in [1.29, 1.82) is 0 Å². The number of rotatable bonds is 8. The summed E-state index contributed by atoms with van der Waals surface area (Å²) in [5, 5.41) is 12.5. The Balaban J connectivity index is 1.14. The van der Waals surface area contributed by atoms with Gasteiger partial charge in [-0.15, -0.1) is 0 Å². The van der Waals surface area contributed by atoms with Crippen LogP contribution in [0.1, 0.15) is 66.5 Å². The van der Waals surface area contributed by atoms with Crippen LogP contribution in [0, 0.1) is 13.8 Å². The molecular formula is C72H58N2. The molecule has 11 aromatic rings. The Morgan fingerprint density at radius 1 is 0.432 bits per heavy atom. The molecule has 0 heterocycles. The number of benzene rings is 11. The molecule has 1 unspecified atom stereocenters. The second-order valence-corrected chi connectivity index (χ2v) is 21.5. The second-order valence-electron chi connectivity index (χ2n) is 21.5. The number of fused-ring (bicyclic) bond motifs is 4. The molecule has 2 heteroatoms. The van der Waals surface area contributed by atoms with Crippen molar-refractivity contribution in [3.05, 3.63) is 245 Å². The molecule has 0 spiro atoms. The fourth-order valence-corrected chi connectivity index (χ4v) is 13.0. The summed E-state index contributed by atoms with van der Waals surface area (Å²) in [4.78, 5) is 5.23. The first-order chi connectivity index (χ1) is 36.3. The van der Waals surface area contributed by atoms with Crippen LogP contribution in [0.25, 0.3) is 88.3 Å². The van der Waals surface area contributed by atoms with Gasteiger partial charge in [0, 0.05) is 38.6 Å². The van der Waals surface area contributed by atoms with E-state index in [9.17, 15) is 0 Å². The molecule has 11 aromatic carbocycles. The summed E-state index contributed by atoms with van der Waals surface area (Å²) < 4.78 is 0. The van der Waals surface area contributed by atoms with Gasteiger partial charge in [-0.2, -0.15) is 0 Å². The molecule has 0 saturated heterocycles. The maximum atomic E-state index is 2.69. The first-order valence-electron chi connectivity index (χ1n) is 26.7. The van der Waals surface area contributed by atoms with E-state index in [1.807, 2.05) is 0 Å². The van der Waals surface area contributed by atoms with E-state index in [0.29, 0.717) is 0 Å². The smallest absolute Gasteiger partial charge is 0.0565 e. The number of hydrogen-bond acceptors (Lipinski definition) is 2. The number of nitrogens with zero attached hydrogens (tertiary/aromatic N) is 2. The van der Waals surface area contributed by atoms with Crippen LogP contribution >= 0.6 is 0 Å². The largest absolute Gasteiger partial charge is 0.334 e. The highest BCUT2D eigenvalue weighted by molar-refractivity contribution is 6.32. The molecule has 74 heavy (non-hydrogen) atoms. The highest BCUT2D eigenvalue weighted by Crippen LogP contribution is 2.53. The van der Waals surface area contributed by atoms with Gasteiger partial charge in [0.05, 0.1) is 17.4 Å². The minimum absolute atomic E-state index is 0.111. The lowest BCUT2D eigenvalue weighted by molar-refractivity contribution is 0.751.